The van der Waals surface area contributed by atoms with E-state index in [1.807, 2.05) is 13.8 Å². The first-order chi connectivity index (χ1) is 14.8. The molecule has 2 aliphatic rings. The van der Waals surface area contributed by atoms with E-state index in [4.69, 9.17) is 5.73 Å². The summed E-state index contributed by atoms with van der Waals surface area (Å²) in [6.07, 6.45) is 7.95. The smallest absolute Gasteiger partial charge is 0.278 e. The van der Waals surface area contributed by atoms with Crippen LogP contribution < -0.4 is 16.0 Å². The summed E-state index contributed by atoms with van der Waals surface area (Å²) in [5, 5.41) is 0.534. The van der Waals surface area contributed by atoms with Crippen molar-refractivity contribution in [3.05, 3.63) is 40.6 Å². The highest BCUT2D eigenvalue weighted by Crippen LogP contribution is 2.59. The predicted octanol–water partition coefficient (Wildman–Crippen LogP) is 4.55. The highest BCUT2D eigenvalue weighted by atomic mass is 32.2. The average Bonchev–Trinajstić information content (AvgIpc) is 2.65. The SMILES string of the molecule is CC(C)n1c(=O)c(-c2ccc(NSC3CC4(CCC4)C3)c(F)c2)nc2cnc(N)nc21. The van der Waals surface area contributed by atoms with E-state index in [1.165, 1.54) is 48.9 Å². The summed E-state index contributed by atoms with van der Waals surface area (Å²) in [6.45, 7) is 3.75. The van der Waals surface area contributed by atoms with Crippen LogP contribution in [0.25, 0.3) is 22.4 Å². The Balaban J connectivity index is 1.42. The fourth-order valence-electron chi connectivity index (χ4n) is 4.65. The van der Waals surface area contributed by atoms with Crippen LogP contribution in [0.15, 0.2) is 29.2 Å². The Morgan fingerprint density at radius 2 is 2.06 bits per heavy atom. The molecule has 3 aromatic rings. The Hall–Kier alpha value is -2.68. The highest BCUT2D eigenvalue weighted by molar-refractivity contribution is 8.01. The minimum atomic E-state index is -0.409. The lowest BCUT2D eigenvalue weighted by Crippen LogP contribution is -2.44. The number of aromatic nitrogens is 4. The Morgan fingerprint density at radius 3 is 2.71 bits per heavy atom. The molecule has 0 amide bonds. The van der Waals surface area contributed by atoms with Gasteiger partial charge in [0.2, 0.25) is 5.95 Å². The number of anilines is 2. The van der Waals surface area contributed by atoms with Gasteiger partial charge in [0.15, 0.2) is 5.65 Å². The van der Waals surface area contributed by atoms with Crippen LogP contribution >= 0.6 is 11.9 Å². The van der Waals surface area contributed by atoms with E-state index < -0.39 is 5.82 Å². The number of nitrogens with two attached hydrogens (primary N) is 1. The van der Waals surface area contributed by atoms with Crippen molar-refractivity contribution in [2.75, 3.05) is 10.5 Å². The third-order valence-electron chi connectivity index (χ3n) is 6.48. The molecule has 162 valence electrons. The number of rotatable bonds is 5. The number of fused-ring (bicyclic) bond motifs is 1. The zero-order valence-electron chi connectivity index (χ0n) is 17.6. The first-order valence-electron chi connectivity index (χ1n) is 10.6. The van der Waals surface area contributed by atoms with Crippen LogP contribution in [0.4, 0.5) is 16.0 Å². The molecule has 0 atom stereocenters. The van der Waals surface area contributed by atoms with E-state index in [0.29, 0.717) is 33.1 Å². The van der Waals surface area contributed by atoms with Crippen LogP contribution in [0.1, 0.15) is 52.0 Å². The summed E-state index contributed by atoms with van der Waals surface area (Å²) in [7, 11) is 0. The van der Waals surface area contributed by atoms with Gasteiger partial charge in [-0.15, -0.1) is 0 Å². The molecule has 0 radical (unpaired) electrons. The van der Waals surface area contributed by atoms with Gasteiger partial charge in [-0.2, -0.15) is 4.98 Å². The summed E-state index contributed by atoms with van der Waals surface area (Å²) < 4.78 is 19.5. The highest BCUT2D eigenvalue weighted by Gasteiger charge is 2.48. The molecule has 9 heteroatoms. The summed E-state index contributed by atoms with van der Waals surface area (Å²) in [6, 6.07) is 4.57. The van der Waals surface area contributed by atoms with Crippen LogP contribution in [-0.2, 0) is 0 Å². The summed E-state index contributed by atoms with van der Waals surface area (Å²) in [4.78, 5) is 25.7. The van der Waals surface area contributed by atoms with Crippen molar-refractivity contribution in [3.63, 3.8) is 0 Å². The molecule has 0 saturated heterocycles. The molecule has 2 fully saturated rings. The first-order valence-corrected chi connectivity index (χ1v) is 11.5. The minimum Gasteiger partial charge on any atom is -0.368 e. The molecule has 5 rings (SSSR count). The number of hydrogen-bond acceptors (Lipinski definition) is 7. The first kappa shape index (κ1) is 20.2. The minimum absolute atomic E-state index is 0.0736. The van der Waals surface area contributed by atoms with Crippen molar-refractivity contribution in [1.29, 1.82) is 0 Å². The van der Waals surface area contributed by atoms with Gasteiger partial charge in [-0.3, -0.25) is 9.36 Å². The maximum Gasteiger partial charge on any atom is 0.278 e. The molecule has 1 aromatic carbocycles. The Labute approximate surface area is 183 Å². The second-order valence-corrected chi connectivity index (χ2v) is 10.1. The Morgan fingerprint density at radius 1 is 1.29 bits per heavy atom. The summed E-state index contributed by atoms with van der Waals surface area (Å²) in [5.74, 6) is -0.335. The summed E-state index contributed by atoms with van der Waals surface area (Å²) >= 11 is 1.60. The normalized spacial score (nSPS) is 17.7. The third-order valence-corrected chi connectivity index (χ3v) is 7.48. The van der Waals surface area contributed by atoms with Gasteiger partial charge in [0, 0.05) is 16.9 Å². The fraction of sp³-hybridized carbons (Fsp3) is 0.455. The second-order valence-electron chi connectivity index (χ2n) is 8.96. The number of nitrogens with one attached hydrogen (secondary N) is 1. The molecule has 1 spiro atoms. The van der Waals surface area contributed by atoms with Crippen molar-refractivity contribution >= 4 is 34.7 Å². The number of benzene rings is 1. The Bertz CT molecular complexity index is 1210. The van der Waals surface area contributed by atoms with Crippen molar-refractivity contribution in [1.82, 2.24) is 19.5 Å². The van der Waals surface area contributed by atoms with Gasteiger partial charge in [-0.1, -0.05) is 12.5 Å². The lowest BCUT2D eigenvalue weighted by molar-refractivity contribution is 0.0383. The average molecular weight is 441 g/mol. The molecular weight excluding hydrogens is 415 g/mol. The molecule has 7 nitrogen and oxygen atoms in total. The van der Waals surface area contributed by atoms with Crippen molar-refractivity contribution in [2.24, 2.45) is 5.41 Å². The van der Waals surface area contributed by atoms with Crippen LogP contribution in [-0.4, -0.2) is 24.8 Å². The zero-order chi connectivity index (χ0) is 21.8. The third kappa shape index (κ3) is 3.54. The molecule has 2 aromatic heterocycles. The van der Waals surface area contributed by atoms with E-state index >= 15 is 0 Å². The van der Waals surface area contributed by atoms with Crippen LogP contribution in [0.5, 0.6) is 0 Å². The summed E-state index contributed by atoms with van der Waals surface area (Å²) in [5.41, 5.74) is 7.76. The van der Waals surface area contributed by atoms with Gasteiger partial charge in [-0.05, 0) is 69.0 Å². The molecule has 3 N–H and O–H groups in total. The largest absolute Gasteiger partial charge is 0.368 e. The number of halogens is 1. The fourth-order valence-corrected chi connectivity index (χ4v) is 5.98. The van der Waals surface area contributed by atoms with Gasteiger partial charge in [0.1, 0.15) is 17.0 Å². The Kier molecular flexibility index (Phi) is 4.88. The van der Waals surface area contributed by atoms with Gasteiger partial charge in [0.05, 0.1) is 11.9 Å². The molecule has 0 aliphatic heterocycles. The van der Waals surface area contributed by atoms with Crippen molar-refractivity contribution < 1.29 is 4.39 Å². The van der Waals surface area contributed by atoms with Gasteiger partial charge < -0.3 is 10.5 Å². The predicted molar refractivity (Wildman–Crippen MR) is 122 cm³/mol. The molecular formula is C22H25FN6OS. The lowest BCUT2D eigenvalue weighted by Gasteiger charge is -2.53. The molecule has 2 saturated carbocycles. The van der Waals surface area contributed by atoms with Crippen molar-refractivity contribution in [2.45, 2.75) is 57.2 Å². The van der Waals surface area contributed by atoms with E-state index in [2.05, 4.69) is 19.7 Å². The second kappa shape index (κ2) is 7.47. The molecule has 2 heterocycles. The van der Waals surface area contributed by atoms with E-state index in [0.717, 1.165) is 0 Å². The van der Waals surface area contributed by atoms with Gasteiger partial charge in [0.25, 0.3) is 5.56 Å². The van der Waals surface area contributed by atoms with Crippen LogP contribution in [0, 0.1) is 11.2 Å². The monoisotopic (exact) mass is 440 g/mol. The van der Waals surface area contributed by atoms with Crippen LogP contribution in [0.2, 0.25) is 0 Å². The maximum absolute atomic E-state index is 14.8. The van der Waals surface area contributed by atoms with Gasteiger partial charge >= 0.3 is 0 Å². The molecule has 31 heavy (non-hydrogen) atoms. The maximum atomic E-state index is 14.8. The number of nitrogens with zero attached hydrogens (tertiary/aromatic N) is 4. The van der Waals surface area contributed by atoms with Crippen molar-refractivity contribution in [3.8, 4) is 11.3 Å². The van der Waals surface area contributed by atoms with E-state index in [-0.39, 0.29) is 23.2 Å². The standard InChI is InChI=1S/C22H25FN6OS/c1-12(2)29-19-17(11-25-21(24)27-19)26-18(20(29)30)13-4-5-16(15(23)8-13)28-31-14-9-22(10-14)6-3-7-22/h4-5,8,11-12,14,28H,3,6-7,9-10H2,1-2H3,(H2,24,25,27). The molecule has 0 bridgehead atoms. The zero-order valence-corrected chi connectivity index (χ0v) is 18.4. The lowest BCUT2D eigenvalue weighted by atomic mass is 9.56. The van der Waals surface area contributed by atoms with E-state index in [1.54, 1.807) is 24.1 Å². The molecule has 2 aliphatic carbocycles. The molecule has 0 unspecified atom stereocenters. The quantitative estimate of drug-likeness (QED) is 0.562. The van der Waals surface area contributed by atoms with E-state index in [9.17, 15) is 9.18 Å². The topological polar surface area (TPSA) is 98.7 Å². The number of hydrogen-bond donors (Lipinski definition) is 2. The number of nitrogen functional groups attached to an aromatic ring is 1. The van der Waals surface area contributed by atoms with Crippen LogP contribution in [0.3, 0.4) is 0 Å². The van der Waals surface area contributed by atoms with Gasteiger partial charge in [-0.25, -0.2) is 14.4 Å².